The van der Waals surface area contributed by atoms with Gasteiger partial charge in [0, 0.05) is 5.92 Å². The Hall–Kier alpha value is -1.76. The van der Waals surface area contributed by atoms with Crippen LogP contribution in [0.15, 0.2) is 36.6 Å². The summed E-state index contributed by atoms with van der Waals surface area (Å²) in [5.74, 6) is -2.01. The van der Waals surface area contributed by atoms with Crippen LogP contribution in [0.1, 0.15) is 6.92 Å². The van der Waals surface area contributed by atoms with Gasteiger partial charge in [-0.05, 0) is 6.92 Å². The number of amides is 1. The molecule has 0 radical (unpaired) electrons. The van der Waals surface area contributed by atoms with Crippen molar-refractivity contribution in [1.82, 2.24) is 5.06 Å². The van der Waals surface area contributed by atoms with Crippen molar-refractivity contribution in [3.8, 4) is 0 Å². The molecule has 0 aromatic carbocycles. The van der Waals surface area contributed by atoms with Gasteiger partial charge >= 0.3 is 0 Å². The lowest BCUT2D eigenvalue weighted by Crippen LogP contribution is -2.57. The molecule has 1 aliphatic carbocycles. The maximum Gasteiger partial charge on any atom is 0.268 e. The SMILES string of the molecule is C=C1C(=O)C2(C(=O)N1OC)C(C=CC)C=CC(O)C2O. The first-order valence-corrected chi connectivity index (χ1v) is 6.22. The third-order valence-corrected chi connectivity index (χ3v) is 3.84. The fraction of sp³-hybridized carbons (Fsp3) is 0.429. The van der Waals surface area contributed by atoms with Crippen molar-refractivity contribution in [3.05, 3.63) is 36.6 Å². The molecule has 1 heterocycles. The first kappa shape index (κ1) is 14.6. The molecule has 6 nitrogen and oxygen atoms in total. The number of aliphatic hydroxyl groups is 2. The van der Waals surface area contributed by atoms with E-state index < -0.39 is 35.2 Å². The van der Waals surface area contributed by atoms with Crippen LogP contribution >= 0.6 is 0 Å². The summed E-state index contributed by atoms with van der Waals surface area (Å²) in [4.78, 5) is 29.9. The number of hydroxylamine groups is 2. The number of aliphatic hydroxyl groups excluding tert-OH is 2. The van der Waals surface area contributed by atoms with Gasteiger partial charge in [-0.25, -0.2) is 0 Å². The first-order valence-electron chi connectivity index (χ1n) is 6.22. The molecule has 6 heteroatoms. The average molecular weight is 279 g/mol. The van der Waals surface area contributed by atoms with Crippen LogP contribution in [0.5, 0.6) is 0 Å². The Bertz CT molecular complexity index is 524. The lowest BCUT2D eigenvalue weighted by atomic mass is 9.64. The van der Waals surface area contributed by atoms with Crippen molar-refractivity contribution in [2.45, 2.75) is 19.1 Å². The zero-order valence-corrected chi connectivity index (χ0v) is 11.3. The summed E-state index contributed by atoms with van der Waals surface area (Å²) in [7, 11) is 1.24. The summed E-state index contributed by atoms with van der Waals surface area (Å²) in [6.07, 6.45) is 3.38. The first-order chi connectivity index (χ1) is 9.42. The predicted octanol–water partition coefficient (Wildman–Crippen LogP) is -0.0569. The van der Waals surface area contributed by atoms with Gasteiger partial charge in [-0.15, -0.1) is 0 Å². The van der Waals surface area contributed by atoms with Gasteiger partial charge in [-0.3, -0.25) is 14.4 Å². The van der Waals surface area contributed by atoms with E-state index in [9.17, 15) is 19.8 Å². The fourth-order valence-electron chi connectivity index (χ4n) is 2.85. The molecule has 2 aliphatic rings. The number of hydrogen-bond donors (Lipinski definition) is 2. The minimum atomic E-state index is -1.81. The zero-order valence-electron chi connectivity index (χ0n) is 11.3. The number of nitrogens with zero attached hydrogens (tertiary/aromatic N) is 1. The number of allylic oxidation sites excluding steroid dienone is 4. The largest absolute Gasteiger partial charge is 0.388 e. The predicted molar refractivity (Wildman–Crippen MR) is 69.9 cm³/mol. The summed E-state index contributed by atoms with van der Waals surface area (Å²) in [6, 6.07) is 0. The molecule has 4 unspecified atom stereocenters. The van der Waals surface area contributed by atoms with Crippen LogP contribution < -0.4 is 0 Å². The lowest BCUT2D eigenvalue weighted by molar-refractivity contribution is -0.177. The van der Waals surface area contributed by atoms with Crippen molar-refractivity contribution < 1.29 is 24.6 Å². The van der Waals surface area contributed by atoms with E-state index in [2.05, 4.69) is 6.58 Å². The molecule has 108 valence electrons. The molecular formula is C14H17NO5. The van der Waals surface area contributed by atoms with Crippen LogP contribution in [0.4, 0.5) is 0 Å². The third-order valence-electron chi connectivity index (χ3n) is 3.84. The number of ketones is 1. The third kappa shape index (κ3) is 1.62. The van der Waals surface area contributed by atoms with Gasteiger partial charge in [0.2, 0.25) is 0 Å². The molecule has 0 aromatic rings. The van der Waals surface area contributed by atoms with Crippen molar-refractivity contribution in [2.24, 2.45) is 11.3 Å². The highest BCUT2D eigenvalue weighted by molar-refractivity contribution is 6.21. The quantitative estimate of drug-likeness (QED) is 0.420. The molecule has 1 fully saturated rings. The Morgan fingerprint density at radius 2 is 2.05 bits per heavy atom. The number of rotatable bonds is 2. The molecule has 4 atom stereocenters. The van der Waals surface area contributed by atoms with E-state index in [-0.39, 0.29) is 5.70 Å². The highest BCUT2D eigenvalue weighted by Crippen LogP contribution is 2.48. The second kappa shape index (κ2) is 4.97. The van der Waals surface area contributed by atoms with Crippen LogP contribution in [0.3, 0.4) is 0 Å². The molecule has 0 saturated carbocycles. The number of carbonyl (C=O) groups is 2. The van der Waals surface area contributed by atoms with Crippen LogP contribution in [-0.4, -0.2) is 46.3 Å². The molecule has 1 spiro atoms. The Morgan fingerprint density at radius 1 is 1.40 bits per heavy atom. The van der Waals surface area contributed by atoms with E-state index in [0.717, 1.165) is 5.06 Å². The number of carbonyl (C=O) groups excluding carboxylic acids is 2. The summed E-state index contributed by atoms with van der Waals surface area (Å²) in [6.45, 7) is 5.27. The smallest absolute Gasteiger partial charge is 0.268 e. The fourth-order valence-corrected chi connectivity index (χ4v) is 2.85. The van der Waals surface area contributed by atoms with Gasteiger partial charge in [0.05, 0.1) is 13.2 Å². The summed E-state index contributed by atoms with van der Waals surface area (Å²) >= 11 is 0. The average Bonchev–Trinajstić information content (AvgIpc) is 2.61. The summed E-state index contributed by atoms with van der Waals surface area (Å²) in [5, 5.41) is 20.9. The molecule has 2 rings (SSSR count). The van der Waals surface area contributed by atoms with Gasteiger partial charge in [0.25, 0.3) is 5.91 Å². The Labute approximate surface area is 116 Å². The van der Waals surface area contributed by atoms with Crippen LogP contribution in [0.2, 0.25) is 0 Å². The second-order valence-electron chi connectivity index (χ2n) is 4.80. The molecule has 20 heavy (non-hydrogen) atoms. The van der Waals surface area contributed by atoms with Crippen LogP contribution in [0, 0.1) is 11.3 Å². The Kier molecular flexibility index (Phi) is 3.64. The number of Topliss-reactive ketones (excluding diaryl/α,β-unsaturated/α-hetero) is 1. The van der Waals surface area contributed by atoms with Gasteiger partial charge in [0.1, 0.15) is 11.8 Å². The Balaban J connectivity index is 2.65. The molecule has 1 aliphatic heterocycles. The highest BCUT2D eigenvalue weighted by Gasteiger charge is 2.66. The highest BCUT2D eigenvalue weighted by atomic mass is 16.7. The monoisotopic (exact) mass is 279 g/mol. The van der Waals surface area contributed by atoms with Crippen molar-refractivity contribution in [2.75, 3.05) is 7.11 Å². The van der Waals surface area contributed by atoms with E-state index >= 15 is 0 Å². The minimum absolute atomic E-state index is 0.145. The normalized spacial score (nSPS) is 37.7. The van der Waals surface area contributed by atoms with Gasteiger partial charge in [-0.2, -0.15) is 5.06 Å². The van der Waals surface area contributed by atoms with Crippen molar-refractivity contribution in [1.29, 1.82) is 0 Å². The van der Waals surface area contributed by atoms with E-state index in [1.807, 2.05) is 0 Å². The van der Waals surface area contributed by atoms with E-state index in [0.29, 0.717) is 0 Å². The van der Waals surface area contributed by atoms with E-state index in [4.69, 9.17) is 4.84 Å². The molecule has 1 amide bonds. The van der Waals surface area contributed by atoms with Crippen LogP contribution in [0.25, 0.3) is 0 Å². The minimum Gasteiger partial charge on any atom is -0.388 e. The standard InChI is InChI=1S/C14H17NO5/c1-4-5-9-6-7-10(16)12(18)14(9)11(17)8(2)15(20-3)13(14)19/h4-7,9-10,12,16,18H,2H2,1,3H3. The summed E-state index contributed by atoms with van der Waals surface area (Å²) < 4.78 is 0. The van der Waals surface area contributed by atoms with Gasteiger partial charge in [-0.1, -0.05) is 30.9 Å². The summed E-state index contributed by atoms with van der Waals surface area (Å²) in [5.41, 5.74) is -1.96. The van der Waals surface area contributed by atoms with Gasteiger partial charge < -0.3 is 10.2 Å². The Morgan fingerprint density at radius 3 is 2.55 bits per heavy atom. The van der Waals surface area contributed by atoms with Gasteiger partial charge in [0.15, 0.2) is 11.2 Å². The second-order valence-corrected chi connectivity index (χ2v) is 4.80. The van der Waals surface area contributed by atoms with E-state index in [1.54, 1.807) is 25.2 Å². The number of hydrogen-bond acceptors (Lipinski definition) is 5. The maximum absolute atomic E-state index is 12.6. The lowest BCUT2D eigenvalue weighted by Gasteiger charge is -2.39. The molecule has 2 N–H and O–H groups in total. The molecular weight excluding hydrogens is 262 g/mol. The molecule has 1 saturated heterocycles. The zero-order chi connectivity index (χ0) is 15.1. The van der Waals surface area contributed by atoms with Crippen LogP contribution in [-0.2, 0) is 14.4 Å². The van der Waals surface area contributed by atoms with E-state index in [1.165, 1.54) is 13.2 Å². The molecule has 0 bridgehead atoms. The van der Waals surface area contributed by atoms with Crippen molar-refractivity contribution >= 4 is 11.7 Å². The molecule has 0 aromatic heterocycles. The topological polar surface area (TPSA) is 87.1 Å². The maximum atomic E-state index is 12.6. The van der Waals surface area contributed by atoms with Crippen molar-refractivity contribution in [3.63, 3.8) is 0 Å².